The Hall–Kier alpha value is -2.80. The molecule has 0 unspecified atom stereocenters. The third-order valence-electron chi connectivity index (χ3n) is 2.71. The summed E-state index contributed by atoms with van der Waals surface area (Å²) >= 11 is 0. The largest absolute Gasteiger partial charge is 0.416 e. The second-order valence-corrected chi connectivity index (χ2v) is 3.95. The molecular formula is C13H7F3N4. The van der Waals surface area contributed by atoms with Crippen molar-refractivity contribution < 1.29 is 13.2 Å². The van der Waals surface area contributed by atoms with Crippen LogP contribution in [0.3, 0.4) is 0 Å². The van der Waals surface area contributed by atoms with E-state index < -0.39 is 11.7 Å². The summed E-state index contributed by atoms with van der Waals surface area (Å²) in [4.78, 5) is 3.69. The molecule has 0 amide bonds. The van der Waals surface area contributed by atoms with Gasteiger partial charge >= 0.3 is 6.18 Å². The molecule has 0 N–H and O–H groups in total. The van der Waals surface area contributed by atoms with Crippen LogP contribution in [0.4, 0.5) is 13.2 Å². The van der Waals surface area contributed by atoms with Gasteiger partial charge in [0.15, 0.2) is 11.4 Å². The number of imidazole rings is 1. The molecule has 0 radical (unpaired) electrons. The number of benzene rings is 1. The summed E-state index contributed by atoms with van der Waals surface area (Å²) in [6, 6.07) is 8.58. The van der Waals surface area contributed by atoms with Crippen LogP contribution in [0.5, 0.6) is 0 Å². The molecule has 1 heterocycles. The monoisotopic (exact) mass is 276 g/mol. The van der Waals surface area contributed by atoms with Crippen molar-refractivity contribution in [3.8, 4) is 12.1 Å². The Kier molecular flexibility index (Phi) is 3.45. The van der Waals surface area contributed by atoms with Crippen LogP contribution in [0.15, 0.2) is 30.6 Å². The molecule has 0 aliphatic heterocycles. The highest BCUT2D eigenvalue weighted by Crippen LogP contribution is 2.32. The van der Waals surface area contributed by atoms with Gasteiger partial charge in [-0.3, -0.25) is 0 Å². The van der Waals surface area contributed by atoms with E-state index in [0.29, 0.717) is 0 Å². The first-order valence-electron chi connectivity index (χ1n) is 5.47. The molecule has 0 aliphatic rings. The van der Waals surface area contributed by atoms with Crippen LogP contribution in [0, 0.1) is 22.7 Å². The van der Waals surface area contributed by atoms with Crippen LogP contribution in [0.25, 0.3) is 0 Å². The lowest BCUT2D eigenvalue weighted by atomic mass is 10.1. The molecule has 20 heavy (non-hydrogen) atoms. The summed E-state index contributed by atoms with van der Waals surface area (Å²) in [5.74, 6) is 0. The van der Waals surface area contributed by atoms with Crippen molar-refractivity contribution in [2.75, 3.05) is 0 Å². The van der Waals surface area contributed by atoms with E-state index in [4.69, 9.17) is 10.5 Å². The van der Waals surface area contributed by atoms with Crippen LogP contribution in [-0.4, -0.2) is 9.55 Å². The first kappa shape index (κ1) is 13.6. The summed E-state index contributed by atoms with van der Waals surface area (Å²) in [5, 5.41) is 17.7. The van der Waals surface area contributed by atoms with Crippen molar-refractivity contribution in [2.45, 2.75) is 12.7 Å². The highest BCUT2D eigenvalue weighted by molar-refractivity contribution is 5.37. The predicted molar refractivity (Wildman–Crippen MR) is 62.2 cm³/mol. The van der Waals surface area contributed by atoms with Crippen LogP contribution in [0.2, 0.25) is 0 Å². The van der Waals surface area contributed by atoms with Crippen molar-refractivity contribution >= 4 is 0 Å². The zero-order valence-corrected chi connectivity index (χ0v) is 10.0. The number of nitriles is 2. The second-order valence-electron chi connectivity index (χ2n) is 3.95. The molecule has 0 saturated heterocycles. The quantitative estimate of drug-likeness (QED) is 0.847. The zero-order valence-electron chi connectivity index (χ0n) is 10.0. The Balaban J connectivity index is 2.45. The van der Waals surface area contributed by atoms with E-state index in [9.17, 15) is 13.2 Å². The van der Waals surface area contributed by atoms with Gasteiger partial charge in [0.25, 0.3) is 0 Å². The van der Waals surface area contributed by atoms with Gasteiger partial charge in [0.05, 0.1) is 18.4 Å². The second kappa shape index (κ2) is 5.06. The van der Waals surface area contributed by atoms with Crippen LogP contribution < -0.4 is 0 Å². The van der Waals surface area contributed by atoms with E-state index in [-0.39, 0.29) is 23.5 Å². The summed E-state index contributed by atoms with van der Waals surface area (Å²) in [5.41, 5.74) is -0.907. The minimum Gasteiger partial charge on any atom is -0.317 e. The standard InChI is InChI=1S/C13H7F3N4/c14-13(15,16)10-4-2-1-3-9(10)7-20-8-19-11(5-17)12(20)6-18/h1-4,8H,7H2. The van der Waals surface area contributed by atoms with E-state index >= 15 is 0 Å². The normalized spacial score (nSPS) is 10.8. The van der Waals surface area contributed by atoms with Crippen LogP contribution in [-0.2, 0) is 12.7 Å². The fourth-order valence-electron chi connectivity index (χ4n) is 1.82. The topological polar surface area (TPSA) is 65.4 Å². The van der Waals surface area contributed by atoms with Crippen LogP contribution >= 0.6 is 0 Å². The molecule has 0 saturated carbocycles. The Morgan fingerprint density at radius 3 is 2.45 bits per heavy atom. The number of nitrogens with zero attached hydrogens (tertiary/aromatic N) is 4. The summed E-state index contributed by atoms with van der Waals surface area (Å²) in [6.07, 6.45) is -3.29. The maximum Gasteiger partial charge on any atom is 0.416 e. The van der Waals surface area contributed by atoms with Gasteiger partial charge in [-0.15, -0.1) is 0 Å². The molecular weight excluding hydrogens is 269 g/mol. The highest BCUT2D eigenvalue weighted by atomic mass is 19.4. The number of rotatable bonds is 2. The van der Waals surface area contributed by atoms with Gasteiger partial charge in [-0.2, -0.15) is 23.7 Å². The number of halogens is 3. The molecule has 0 aliphatic carbocycles. The third kappa shape index (κ3) is 2.47. The molecule has 1 aromatic heterocycles. The van der Waals surface area contributed by atoms with Crippen molar-refractivity contribution in [1.29, 1.82) is 10.5 Å². The van der Waals surface area contributed by atoms with E-state index in [1.807, 2.05) is 0 Å². The lowest BCUT2D eigenvalue weighted by Gasteiger charge is -2.13. The Morgan fingerprint density at radius 1 is 1.15 bits per heavy atom. The molecule has 2 aromatic rings. The van der Waals surface area contributed by atoms with E-state index in [1.165, 1.54) is 29.1 Å². The van der Waals surface area contributed by atoms with Gasteiger partial charge in [-0.05, 0) is 11.6 Å². The highest BCUT2D eigenvalue weighted by Gasteiger charge is 2.33. The summed E-state index contributed by atoms with van der Waals surface area (Å²) < 4.78 is 39.8. The molecule has 0 atom stereocenters. The van der Waals surface area contributed by atoms with Gasteiger partial charge in [-0.25, -0.2) is 4.98 Å². The maximum absolute atomic E-state index is 12.9. The van der Waals surface area contributed by atoms with Gasteiger partial charge in [0, 0.05) is 0 Å². The average Bonchev–Trinajstić information content (AvgIpc) is 2.80. The Morgan fingerprint density at radius 2 is 1.85 bits per heavy atom. The Labute approximate surface area is 112 Å². The number of hydrogen-bond donors (Lipinski definition) is 0. The molecule has 0 spiro atoms. The molecule has 0 fully saturated rings. The van der Waals surface area contributed by atoms with Crippen molar-refractivity contribution in [1.82, 2.24) is 9.55 Å². The maximum atomic E-state index is 12.9. The molecule has 100 valence electrons. The first-order valence-corrected chi connectivity index (χ1v) is 5.47. The lowest BCUT2D eigenvalue weighted by molar-refractivity contribution is -0.138. The van der Waals surface area contributed by atoms with Gasteiger partial charge < -0.3 is 4.57 Å². The minimum atomic E-state index is -4.47. The molecule has 0 bridgehead atoms. The van der Waals surface area contributed by atoms with E-state index in [1.54, 1.807) is 12.1 Å². The number of aromatic nitrogens is 2. The van der Waals surface area contributed by atoms with E-state index in [2.05, 4.69) is 4.98 Å². The SMILES string of the molecule is N#Cc1ncn(Cc2ccccc2C(F)(F)F)c1C#N. The summed E-state index contributed by atoms with van der Waals surface area (Å²) in [7, 11) is 0. The van der Waals surface area contributed by atoms with Crippen molar-refractivity contribution in [2.24, 2.45) is 0 Å². The number of hydrogen-bond acceptors (Lipinski definition) is 3. The van der Waals surface area contributed by atoms with Crippen molar-refractivity contribution in [3.05, 3.63) is 53.1 Å². The predicted octanol–water partition coefficient (Wildman–Crippen LogP) is 2.69. The lowest BCUT2D eigenvalue weighted by Crippen LogP contribution is -2.12. The molecule has 1 aromatic carbocycles. The average molecular weight is 276 g/mol. The summed E-state index contributed by atoms with van der Waals surface area (Å²) in [6.45, 7) is -0.173. The van der Waals surface area contributed by atoms with E-state index in [0.717, 1.165) is 6.07 Å². The third-order valence-corrected chi connectivity index (χ3v) is 2.71. The Bertz CT molecular complexity index is 716. The number of alkyl halides is 3. The molecule has 7 heteroatoms. The van der Waals surface area contributed by atoms with Gasteiger partial charge in [0.1, 0.15) is 12.1 Å². The zero-order chi connectivity index (χ0) is 14.8. The van der Waals surface area contributed by atoms with Gasteiger partial charge in [0.2, 0.25) is 0 Å². The van der Waals surface area contributed by atoms with Gasteiger partial charge in [-0.1, -0.05) is 18.2 Å². The first-order chi connectivity index (χ1) is 9.47. The van der Waals surface area contributed by atoms with Crippen LogP contribution in [0.1, 0.15) is 22.5 Å². The van der Waals surface area contributed by atoms with Crippen molar-refractivity contribution in [3.63, 3.8) is 0 Å². The minimum absolute atomic E-state index is 0.0124. The smallest absolute Gasteiger partial charge is 0.317 e. The fraction of sp³-hybridized carbons (Fsp3) is 0.154. The molecule has 2 rings (SSSR count). The fourth-order valence-corrected chi connectivity index (χ4v) is 1.82. The molecule has 4 nitrogen and oxygen atoms in total.